The number of rotatable bonds is 3. The van der Waals surface area contributed by atoms with Gasteiger partial charge in [0.25, 0.3) is 5.91 Å². The molecule has 3 rings (SSSR count). The zero-order valence-corrected chi connectivity index (χ0v) is 15.3. The second kappa shape index (κ2) is 7.55. The third kappa shape index (κ3) is 3.66. The number of hydrogen-bond acceptors (Lipinski definition) is 4. The Morgan fingerprint density at radius 3 is 2.44 bits per heavy atom. The SMILES string of the molecule is COC(=O)C(C1=NC(=NC(=O)c2cccc(Cl)c2)c2ccccc21)=C(C)O. The molecule has 0 saturated carbocycles. The number of methoxy groups -OCH3 is 1. The fourth-order valence-electron chi connectivity index (χ4n) is 2.69. The Labute approximate surface area is 160 Å². The summed E-state index contributed by atoms with van der Waals surface area (Å²) < 4.78 is 4.74. The van der Waals surface area contributed by atoms with Gasteiger partial charge in [0.2, 0.25) is 0 Å². The summed E-state index contributed by atoms with van der Waals surface area (Å²) in [6.45, 7) is 1.36. The van der Waals surface area contributed by atoms with E-state index in [0.29, 0.717) is 21.7 Å². The van der Waals surface area contributed by atoms with Gasteiger partial charge in [-0.3, -0.25) is 4.79 Å². The molecule has 1 aliphatic rings. The number of carbonyl (C=O) groups excluding carboxylic acids is 2. The van der Waals surface area contributed by atoms with Crippen molar-refractivity contribution in [1.82, 2.24) is 0 Å². The molecule has 0 radical (unpaired) electrons. The van der Waals surface area contributed by atoms with Crippen LogP contribution >= 0.6 is 11.6 Å². The second-order valence-corrected chi connectivity index (χ2v) is 6.15. The third-order valence-corrected chi connectivity index (χ3v) is 4.14. The van der Waals surface area contributed by atoms with Crippen molar-refractivity contribution >= 4 is 35.0 Å². The van der Waals surface area contributed by atoms with Crippen molar-refractivity contribution in [2.24, 2.45) is 9.98 Å². The number of ether oxygens (including phenoxy) is 1. The number of amidine groups is 1. The van der Waals surface area contributed by atoms with Gasteiger partial charge in [0.15, 0.2) is 5.84 Å². The summed E-state index contributed by atoms with van der Waals surface area (Å²) in [4.78, 5) is 33.0. The van der Waals surface area contributed by atoms with E-state index in [9.17, 15) is 14.7 Å². The van der Waals surface area contributed by atoms with Crippen LogP contribution in [0.4, 0.5) is 0 Å². The fourth-order valence-corrected chi connectivity index (χ4v) is 2.88. The number of aliphatic hydroxyl groups is 1. The molecule has 0 saturated heterocycles. The molecule has 0 bridgehead atoms. The largest absolute Gasteiger partial charge is 0.512 e. The number of nitrogens with zero attached hydrogens (tertiary/aromatic N) is 2. The number of halogens is 1. The maximum absolute atomic E-state index is 12.5. The zero-order chi connectivity index (χ0) is 19.6. The van der Waals surface area contributed by atoms with E-state index < -0.39 is 11.9 Å². The maximum atomic E-state index is 12.5. The van der Waals surface area contributed by atoms with E-state index in [4.69, 9.17) is 16.3 Å². The van der Waals surface area contributed by atoms with Crippen LogP contribution in [0.2, 0.25) is 5.02 Å². The number of esters is 1. The number of benzene rings is 2. The Hall–Kier alpha value is -3.25. The molecule has 0 fully saturated rings. The number of aliphatic hydroxyl groups excluding tert-OH is 1. The van der Waals surface area contributed by atoms with Crippen molar-refractivity contribution in [3.05, 3.63) is 81.6 Å². The molecule has 0 atom stereocenters. The molecule has 7 heteroatoms. The van der Waals surface area contributed by atoms with Crippen molar-refractivity contribution in [3.63, 3.8) is 0 Å². The lowest BCUT2D eigenvalue weighted by atomic mass is 9.99. The lowest BCUT2D eigenvalue weighted by Gasteiger charge is -2.07. The molecular formula is C20H15ClN2O4. The molecule has 1 aliphatic heterocycles. The summed E-state index contributed by atoms with van der Waals surface area (Å²) in [5.41, 5.74) is 1.59. The van der Waals surface area contributed by atoms with Crippen LogP contribution in [0.1, 0.15) is 28.4 Å². The van der Waals surface area contributed by atoms with Crippen LogP contribution in [0.25, 0.3) is 0 Å². The Morgan fingerprint density at radius 1 is 1.11 bits per heavy atom. The highest BCUT2D eigenvalue weighted by atomic mass is 35.5. The average Bonchev–Trinajstić information content (AvgIpc) is 3.00. The van der Waals surface area contributed by atoms with Crippen molar-refractivity contribution < 1.29 is 19.4 Å². The molecule has 1 amide bonds. The molecule has 0 aliphatic carbocycles. The first-order valence-corrected chi connectivity index (χ1v) is 8.35. The van der Waals surface area contributed by atoms with Crippen molar-refractivity contribution in [3.8, 4) is 0 Å². The van der Waals surface area contributed by atoms with Crippen LogP contribution in [-0.4, -0.2) is 35.6 Å². The molecule has 27 heavy (non-hydrogen) atoms. The lowest BCUT2D eigenvalue weighted by molar-refractivity contribution is -0.135. The quantitative estimate of drug-likeness (QED) is 0.497. The number of carbonyl (C=O) groups is 2. The summed E-state index contributed by atoms with van der Waals surface area (Å²) in [5.74, 6) is -1.34. The van der Waals surface area contributed by atoms with E-state index in [1.165, 1.54) is 20.1 Å². The number of aliphatic imine (C=N–C) groups is 2. The Balaban J connectivity index is 2.12. The molecule has 136 valence electrons. The van der Waals surface area contributed by atoms with Gasteiger partial charge in [-0.15, -0.1) is 0 Å². The van der Waals surface area contributed by atoms with Gasteiger partial charge in [-0.25, -0.2) is 9.79 Å². The third-order valence-electron chi connectivity index (χ3n) is 3.91. The van der Waals surface area contributed by atoms with E-state index in [1.807, 2.05) is 0 Å². The Bertz CT molecular complexity index is 1030. The summed E-state index contributed by atoms with van der Waals surface area (Å²) in [6, 6.07) is 13.4. The van der Waals surface area contributed by atoms with E-state index in [-0.39, 0.29) is 22.9 Å². The van der Waals surface area contributed by atoms with E-state index in [2.05, 4.69) is 9.98 Å². The van der Waals surface area contributed by atoms with Gasteiger partial charge in [-0.1, -0.05) is 41.9 Å². The molecule has 0 unspecified atom stereocenters. The first-order valence-electron chi connectivity index (χ1n) is 7.98. The van der Waals surface area contributed by atoms with E-state index in [1.54, 1.807) is 42.5 Å². The maximum Gasteiger partial charge on any atom is 0.343 e. The van der Waals surface area contributed by atoms with Gasteiger partial charge in [0.05, 0.1) is 12.8 Å². The predicted molar refractivity (Wildman–Crippen MR) is 103 cm³/mol. The summed E-state index contributed by atoms with van der Waals surface area (Å²) in [6.07, 6.45) is 0. The monoisotopic (exact) mass is 382 g/mol. The van der Waals surface area contributed by atoms with Crippen LogP contribution < -0.4 is 0 Å². The van der Waals surface area contributed by atoms with Gasteiger partial charge < -0.3 is 9.84 Å². The van der Waals surface area contributed by atoms with Crippen LogP contribution in [0, 0.1) is 0 Å². The molecule has 1 N–H and O–H groups in total. The van der Waals surface area contributed by atoms with Gasteiger partial charge in [0, 0.05) is 21.7 Å². The normalized spacial score (nSPS) is 15.1. The van der Waals surface area contributed by atoms with Crippen LogP contribution in [0.3, 0.4) is 0 Å². The van der Waals surface area contributed by atoms with Gasteiger partial charge >= 0.3 is 5.97 Å². The van der Waals surface area contributed by atoms with Crippen LogP contribution in [-0.2, 0) is 9.53 Å². The summed E-state index contributed by atoms with van der Waals surface area (Å²) in [5, 5.41) is 10.4. The molecule has 0 aromatic heterocycles. The van der Waals surface area contributed by atoms with Gasteiger partial charge in [-0.2, -0.15) is 4.99 Å². The second-order valence-electron chi connectivity index (χ2n) is 5.71. The smallest absolute Gasteiger partial charge is 0.343 e. The minimum atomic E-state index is -0.731. The van der Waals surface area contributed by atoms with E-state index in [0.717, 1.165) is 0 Å². The average molecular weight is 383 g/mol. The highest BCUT2D eigenvalue weighted by Crippen LogP contribution is 2.26. The standard InChI is InChI=1S/C20H15ClN2O4/c1-11(24)16(20(26)27-2)17-14-8-3-4-9-15(14)18(22-17)23-19(25)12-6-5-7-13(21)10-12/h3-10,24H,1-2H3. The van der Waals surface area contributed by atoms with Crippen molar-refractivity contribution in [1.29, 1.82) is 0 Å². The molecule has 2 aromatic carbocycles. The minimum Gasteiger partial charge on any atom is -0.512 e. The van der Waals surface area contributed by atoms with Gasteiger partial charge in [-0.05, 0) is 25.1 Å². The lowest BCUT2D eigenvalue weighted by Crippen LogP contribution is -2.16. The summed E-state index contributed by atoms with van der Waals surface area (Å²) >= 11 is 5.92. The molecule has 0 spiro atoms. The van der Waals surface area contributed by atoms with Crippen molar-refractivity contribution in [2.75, 3.05) is 7.11 Å². The van der Waals surface area contributed by atoms with E-state index >= 15 is 0 Å². The molecule has 2 aromatic rings. The van der Waals surface area contributed by atoms with Crippen LogP contribution in [0.15, 0.2) is 69.8 Å². The van der Waals surface area contributed by atoms with Crippen LogP contribution in [0.5, 0.6) is 0 Å². The first-order chi connectivity index (χ1) is 12.9. The number of amides is 1. The zero-order valence-electron chi connectivity index (χ0n) is 14.6. The first kappa shape index (κ1) is 18.5. The molecule has 1 heterocycles. The Morgan fingerprint density at radius 2 is 1.81 bits per heavy atom. The highest BCUT2D eigenvalue weighted by Gasteiger charge is 2.30. The minimum absolute atomic E-state index is 0.0784. The summed E-state index contributed by atoms with van der Waals surface area (Å²) in [7, 11) is 1.21. The number of hydrogen-bond donors (Lipinski definition) is 1. The molecular weight excluding hydrogens is 368 g/mol. The fraction of sp³-hybridized carbons (Fsp3) is 0.100. The predicted octanol–water partition coefficient (Wildman–Crippen LogP) is 3.73. The Kier molecular flexibility index (Phi) is 5.19. The number of fused-ring (bicyclic) bond motifs is 1. The topological polar surface area (TPSA) is 88.3 Å². The van der Waals surface area contributed by atoms with Gasteiger partial charge in [0.1, 0.15) is 11.3 Å². The highest BCUT2D eigenvalue weighted by molar-refractivity contribution is 6.36. The number of allylic oxidation sites excluding steroid dienone is 1. The molecule has 6 nitrogen and oxygen atoms in total. The van der Waals surface area contributed by atoms with Crippen molar-refractivity contribution in [2.45, 2.75) is 6.92 Å².